The molecule has 0 saturated heterocycles. The fraction of sp³-hybridized carbons (Fsp3) is 0.182. The molecular formula is C22H22. The molecule has 0 nitrogen and oxygen atoms in total. The van der Waals surface area contributed by atoms with E-state index < -0.39 is 0 Å². The van der Waals surface area contributed by atoms with Crippen molar-refractivity contribution in [2.75, 3.05) is 0 Å². The highest BCUT2D eigenvalue weighted by molar-refractivity contribution is 5.87. The van der Waals surface area contributed by atoms with Crippen molar-refractivity contribution in [3.05, 3.63) is 89.5 Å². The number of fused-ring (bicyclic) bond motifs is 2. The maximum absolute atomic E-state index is 2.30. The Bertz CT molecular complexity index is 791. The molecule has 0 heterocycles. The molecule has 1 atom stereocenters. The van der Waals surface area contributed by atoms with Crippen LogP contribution in [0.2, 0.25) is 0 Å². The van der Waals surface area contributed by atoms with Crippen LogP contribution in [0.25, 0.3) is 16.8 Å². The van der Waals surface area contributed by atoms with Crippen molar-refractivity contribution >= 4 is 16.8 Å². The third kappa shape index (κ3) is 2.57. The van der Waals surface area contributed by atoms with Crippen LogP contribution in [0.5, 0.6) is 0 Å². The summed E-state index contributed by atoms with van der Waals surface area (Å²) in [6.07, 6.45) is 5.64. The summed E-state index contributed by atoms with van der Waals surface area (Å²) in [5, 5.41) is 2.71. The lowest BCUT2D eigenvalue weighted by Crippen LogP contribution is -2.06. The molecule has 0 fully saturated rings. The van der Waals surface area contributed by atoms with Crippen LogP contribution in [0, 0.1) is 0 Å². The van der Waals surface area contributed by atoms with E-state index in [1.807, 2.05) is 13.8 Å². The minimum Gasteiger partial charge on any atom is -0.0830 e. The van der Waals surface area contributed by atoms with Crippen LogP contribution in [-0.4, -0.2) is 0 Å². The van der Waals surface area contributed by atoms with E-state index >= 15 is 0 Å². The largest absolute Gasteiger partial charge is 0.0830 e. The second-order valence-electron chi connectivity index (χ2n) is 5.39. The molecule has 0 amide bonds. The van der Waals surface area contributed by atoms with Crippen molar-refractivity contribution in [3.8, 4) is 0 Å². The van der Waals surface area contributed by atoms with Gasteiger partial charge in [0.05, 0.1) is 0 Å². The average Bonchev–Trinajstić information content (AvgIpc) is 2.62. The Labute approximate surface area is 133 Å². The first-order valence-corrected chi connectivity index (χ1v) is 8.16. The molecule has 0 saturated carbocycles. The van der Waals surface area contributed by atoms with E-state index in [0.29, 0.717) is 5.92 Å². The molecule has 1 aliphatic rings. The van der Waals surface area contributed by atoms with Crippen molar-refractivity contribution in [3.63, 3.8) is 0 Å². The van der Waals surface area contributed by atoms with Crippen molar-refractivity contribution in [2.45, 2.75) is 26.2 Å². The Morgan fingerprint density at radius 1 is 0.727 bits per heavy atom. The Morgan fingerprint density at radius 2 is 1.41 bits per heavy atom. The van der Waals surface area contributed by atoms with Gasteiger partial charge in [-0.1, -0.05) is 92.7 Å². The van der Waals surface area contributed by atoms with Crippen LogP contribution in [0.15, 0.2) is 72.8 Å². The second-order valence-corrected chi connectivity index (χ2v) is 5.39. The molecule has 0 spiro atoms. The minimum absolute atomic E-state index is 0.474. The lowest BCUT2D eigenvalue weighted by molar-refractivity contribution is 0.827. The first-order chi connectivity index (χ1) is 10.9. The molecule has 0 N–H and O–H groups in total. The lowest BCUT2D eigenvalue weighted by atomic mass is 9.80. The molecule has 0 aliphatic heterocycles. The van der Waals surface area contributed by atoms with Gasteiger partial charge in [-0.25, -0.2) is 0 Å². The Morgan fingerprint density at radius 3 is 2.32 bits per heavy atom. The number of rotatable bonds is 1. The summed E-state index contributed by atoms with van der Waals surface area (Å²) in [5.41, 5.74) is 4.25. The number of hydrogen-bond donors (Lipinski definition) is 0. The summed E-state index contributed by atoms with van der Waals surface area (Å²) in [4.78, 5) is 0. The first-order valence-electron chi connectivity index (χ1n) is 8.16. The van der Waals surface area contributed by atoms with Gasteiger partial charge in [0.15, 0.2) is 0 Å². The molecule has 0 radical (unpaired) electrons. The van der Waals surface area contributed by atoms with Gasteiger partial charge in [-0.05, 0) is 33.9 Å². The van der Waals surface area contributed by atoms with Gasteiger partial charge < -0.3 is 0 Å². The second kappa shape index (κ2) is 6.62. The number of hydrogen-bond acceptors (Lipinski definition) is 0. The third-order valence-electron chi connectivity index (χ3n) is 4.24. The molecule has 0 bridgehead atoms. The summed E-state index contributed by atoms with van der Waals surface area (Å²) in [5.74, 6) is 0.474. The van der Waals surface area contributed by atoms with Gasteiger partial charge >= 0.3 is 0 Å². The quantitative estimate of drug-likeness (QED) is 0.484. The van der Waals surface area contributed by atoms with E-state index in [-0.39, 0.29) is 0 Å². The van der Waals surface area contributed by atoms with Gasteiger partial charge in [0.25, 0.3) is 0 Å². The predicted molar refractivity (Wildman–Crippen MR) is 97.2 cm³/mol. The van der Waals surface area contributed by atoms with E-state index in [4.69, 9.17) is 0 Å². The van der Waals surface area contributed by atoms with Crippen LogP contribution in [0.1, 0.15) is 42.9 Å². The normalized spacial score (nSPS) is 15.8. The predicted octanol–water partition coefficient (Wildman–Crippen LogP) is 6.41. The third-order valence-corrected chi connectivity index (χ3v) is 4.24. The number of benzene rings is 3. The van der Waals surface area contributed by atoms with Crippen LogP contribution in [0.3, 0.4) is 0 Å². The van der Waals surface area contributed by atoms with Crippen LogP contribution in [-0.2, 0) is 0 Å². The zero-order valence-electron chi connectivity index (χ0n) is 13.3. The maximum Gasteiger partial charge on any atom is 0.0136 e. The summed E-state index contributed by atoms with van der Waals surface area (Å²) in [6.45, 7) is 4.00. The minimum atomic E-state index is 0.474. The monoisotopic (exact) mass is 286 g/mol. The van der Waals surface area contributed by atoms with Crippen molar-refractivity contribution in [1.82, 2.24) is 0 Å². The Kier molecular flexibility index (Phi) is 4.39. The molecule has 1 aliphatic carbocycles. The summed E-state index contributed by atoms with van der Waals surface area (Å²) in [7, 11) is 0. The van der Waals surface area contributed by atoms with Crippen LogP contribution >= 0.6 is 0 Å². The zero-order chi connectivity index (χ0) is 15.4. The summed E-state index contributed by atoms with van der Waals surface area (Å²) in [6, 6.07) is 24.1. The molecule has 110 valence electrons. The maximum atomic E-state index is 2.30. The van der Waals surface area contributed by atoms with Crippen LogP contribution < -0.4 is 0 Å². The molecule has 0 aromatic heterocycles. The van der Waals surface area contributed by atoms with Gasteiger partial charge in [-0.2, -0.15) is 0 Å². The summed E-state index contributed by atoms with van der Waals surface area (Å²) >= 11 is 0. The molecule has 4 rings (SSSR count). The van der Waals surface area contributed by atoms with E-state index in [1.54, 1.807) is 0 Å². The van der Waals surface area contributed by atoms with E-state index in [2.05, 4.69) is 78.9 Å². The van der Waals surface area contributed by atoms with E-state index in [0.717, 1.165) is 6.42 Å². The highest BCUT2D eigenvalue weighted by Gasteiger charge is 2.19. The standard InChI is InChI=1S/C20H16.C2H6/c1-3-11-17-15(7-1)9-5-13-19(17)20-14-6-10-16-8-2-4-12-18(16)20;1-2/h1-13,20H,14H2;1-2H3. The molecular weight excluding hydrogens is 264 g/mol. The van der Waals surface area contributed by atoms with Crippen LogP contribution in [0.4, 0.5) is 0 Å². The van der Waals surface area contributed by atoms with Gasteiger partial charge in [0.1, 0.15) is 0 Å². The average molecular weight is 286 g/mol. The van der Waals surface area contributed by atoms with Gasteiger partial charge in [-0.15, -0.1) is 0 Å². The SMILES string of the molecule is C1=Cc2ccccc2C(c2cccc3ccccc23)C1.CC. The van der Waals surface area contributed by atoms with Gasteiger partial charge in [-0.3, -0.25) is 0 Å². The highest BCUT2D eigenvalue weighted by Crippen LogP contribution is 2.37. The van der Waals surface area contributed by atoms with Gasteiger partial charge in [0, 0.05) is 5.92 Å². The molecule has 3 aromatic carbocycles. The zero-order valence-corrected chi connectivity index (χ0v) is 13.3. The van der Waals surface area contributed by atoms with E-state index in [9.17, 15) is 0 Å². The van der Waals surface area contributed by atoms with Gasteiger partial charge in [0.2, 0.25) is 0 Å². The number of allylic oxidation sites excluding steroid dienone is 1. The van der Waals surface area contributed by atoms with Crippen molar-refractivity contribution < 1.29 is 0 Å². The Hall–Kier alpha value is -2.34. The molecule has 0 heteroatoms. The van der Waals surface area contributed by atoms with Crippen molar-refractivity contribution in [2.24, 2.45) is 0 Å². The highest BCUT2D eigenvalue weighted by atomic mass is 14.2. The lowest BCUT2D eigenvalue weighted by Gasteiger charge is -2.23. The summed E-state index contributed by atoms with van der Waals surface area (Å²) < 4.78 is 0. The van der Waals surface area contributed by atoms with Crippen molar-refractivity contribution in [1.29, 1.82) is 0 Å². The topological polar surface area (TPSA) is 0 Å². The molecule has 22 heavy (non-hydrogen) atoms. The Balaban J connectivity index is 0.000000693. The molecule has 3 aromatic rings. The smallest absolute Gasteiger partial charge is 0.0136 e. The molecule has 1 unspecified atom stereocenters. The first kappa shape index (κ1) is 14.6. The fourth-order valence-electron chi connectivity index (χ4n) is 3.29. The fourth-order valence-corrected chi connectivity index (χ4v) is 3.29. The van der Waals surface area contributed by atoms with E-state index in [1.165, 1.54) is 27.5 Å².